The molecule has 0 aromatic heterocycles. The van der Waals surface area contributed by atoms with Crippen molar-refractivity contribution in [2.75, 3.05) is 23.0 Å². The fraction of sp³-hybridized carbons (Fsp3) is 0.714. The van der Waals surface area contributed by atoms with Crippen molar-refractivity contribution in [2.45, 2.75) is 38.5 Å². The zero-order valence-electron chi connectivity index (χ0n) is 10.5. The van der Waals surface area contributed by atoms with E-state index < -0.39 is 0 Å². The predicted molar refractivity (Wildman–Crippen MR) is 82.7 cm³/mol. The lowest BCUT2D eigenvalue weighted by Crippen LogP contribution is -1.85. The lowest BCUT2D eigenvalue weighted by molar-refractivity contribution is 0.629. The molecule has 0 nitrogen and oxygen atoms in total. The highest BCUT2D eigenvalue weighted by Gasteiger charge is 1.92. The van der Waals surface area contributed by atoms with Crippen LogP contribution in [0.3, 0.4) is 0 Å². The summed E-state index contributed by atoms with van der Waals surface area (Å²) in [4.78, 5) is 0. The minimum atomic E-state index is 1.11. The lowest BCUT2D eigenvalue weighted by atomic mass is 10.1. The van der Waals surface area contributed by atoms with Crippen LogP contribution in [-0.4, -0.2) is 23.0 Å². The van der Waals surface area contributed by atoms with Gasteiger partial charge < -0.3 is 0 Å². The van der Waals surface area contributed by atoms with E-state index in [1.54, 1.807) is 0 Å². The molecule has 0 fully saturated rings. The maximum atomic E-state index is 3.72. The molecule has 0 aliphatic carbocycles. The largest absolute Gasteiger partial charge is 0.158 e. The summed E-state index contributed by atoms with van der Waals surface area (Å²) in [5.41, 5.74) is 0. The van der Waals surface area contributed by atoms with Gasteiger partial charge in [-0.2, -0.15) is 23.5 Å². The van der Waals surface area contributed by atoms with Gasteiger partial charge in [0, 0.05) is 11.5 Å². The van der Waals surface area contributed by atoms with E-state index in [2.05, 4.69) is 13.2 Å². The number of thioether (sulfide) groups is 2. The second-order valence-electron chi connectivity index (χ2n) is 3.85. The Morgan fingerprint density at radius 3 is 1.38 bits per heavy atom. The van der Waals surface area contributed by atoms with Crippen molar-refractivity contribution in [3.63, 3.8) is 0 Å². The molecule has 0 rings (SSSR count). The molecule has 0 aromatic carbocycles. The molecule has 94 valence electrons. The Bertz CT molecular complexity index is 137. The van der Waals surface area contributed by atoms with Crippen LogP contribution < -0.4 is 0 Å². The van der Waals surface area contributed by atoms with E-state index in [0.29, 0.717) is 0 Å². The van der Waals surface area contributed by atoms with Crippen LogP contribution >= 0.6 is 23.5 Å². The first-order chi connectivity index (χ1) is 7.91. The normalized spacial score (nSPS) is 10.2. The molecule has 0 saturated heterocycles. The van der Waals surface area contributed by atoms with Crippen molar-refractivity contribution < 1.29 is 0 Å². The molecule has 0 atom stereocenters. The minimum absolute atomic E-state index is 1.11. The van der Waals surface area contributed by atoms with E-state index in [4.69, 9.17) is 0 Å². The van der Waals surface area contributed by atoms with Gasteiger partial charge in [0.15, 0.2) is 0 Å². The van der Waals surface area contributed by atoms with Crippen molar-refractivity contribution in [1.82, 2.24) is 0 Å². The Balaban J connectivity index is 2.87. The van der Waals surface area contributed by atoms with E-state index in [1.807, 2.05) is 35.7 Å². The van der Waals surface area contributed by atoms with Crippen LogP contribution in [0.25, 0.3) is 0 Å². The molecule has 0 aliphatic rings. The Morgan fingerprint density at radius 1 is 0.625 bits per heavy atom. The van der Waals surface area contributed by atoms with E-state index in [0.717, 1.165) is 11.5 Å². The van der Waals surface area contributed by atoms with E-state index >= 15 is 0 Å². The SMILES string of the molecule is C=CCSCCCCCCCCSCC=C. The molecule has 2 heteroatoms. The first-order valence-corrected chi connectivity index (χ1v) is 8.60. The number of unbranched alkanes of at least 4 members (excludes halogenated alkanes) is 5. The molecule has 16 heavy (non-hydrogen) atoms. The smallest absolute Gasteiger partial charge is 0.0110 e. The summed E-state index contributed by atoms with van der Waals surface area (Å²) in [7, 11) is 0. The van der Waals surface area contributed by atoms with E-state index in [1.165, 1.54) is 50.0 Å². The molecule has 0 amide bonds. The maximum Gasteiger partial charge on any atom is 0.0110 e. The fourth-order valence-electron chi connectivity index (χ4n) is 1.45. The molecule has 0 bridgehead atoms. The molecule has 0 unspecified atom stereocenters. The van der Waals surface area contributed by atoms with Crippen LogP contribution in [0.2, 0.25) is 0 Å². The van der Waals surface area contributed by atoms with Crippen molar-refractivity contribution in [3.8, 4) is 0 Å². The fourth-order valence-corrected chi connectivity index (χ4v) is 2.93. The first-order valence-electron chi connectivity index (χ1n) is 6.29. The average molecular weight is 258 g/mol. The van der Waals surface area contributed by atoms with Gasteiger partial charge in [-0.25, -0.2) is 0 Å². The third-order valence-corrected chi connectivity index (χ3v) is 4.40. The van der Waals surface area contributed by atoms with Gasteiger partial charge >= 0.3 is 0 Å². The zero-order valence-corrected chi connectivity index (χ0v) is 12.1. The summed E-state index contributed by atoms with van der Waals surface area (Å²) in [6, 6.07) is 0. The van der Waals surface area contributed by atoms with Crippen molar-refractivity contribution >= 4 is 23.5 Å². The molecule has 0 N–H and O–H groups in total. The molecule has 0 spiro atoms. The number of rotatable bonds is 13. The van der Waals surface area contributed by atoms with E-state index in [9.17, 15) is 0 Å². The van der Waals surface area contributed by atoms with Crippen LogP contribution in [0.4, 0.5) is 0 Å². The van der Waals surface area contributed by atoms with Gasteiger partial charge in [0.1, 0.15) is 0 Å². The van der Waals surface area contributed by atoms with Crippen molar-refractivity contribution in [3.05, 3.63) is 25.3 Å². The van der Waals surface area contributed by atoms with Crippen LogP contribution in [0.15, 0.2) is 25.3 Å². The van der Waals surface area contributed by atoms with Gasteiger partial charge in [-0.05, 0) is 24.3 Å². The van der Waals surface area contributed by atoms with Crippen LogP contribution in [0.1, 0.15) is 38.5 Å². The highest BCUT2D eigenvalue weighted by atomic mass is 32.2. The standard InChI is InChI=1S/C14H26S2/c1-3-11-15-13-9-7-5-6-8-10-14-16-12-4-2/h3-4H,1-2,5-14H2. The van der Waals surface area contributed by atoms with Crippen LogP contribution in [0, 0.1) is 0 Å². The van der Waals surface area contributed by atoms with Crippen LogP contribution in [-0.2, 0) is 0 Å². The molecular weight excluding hydrogens is 232 g/mol. The summed E-state index contributed by atoms with van der Waals surface area (Å²) in [5.74, 6) is 4.84. The maximum absolute atomic E-state index is 3.72. The van der Waals surface area contributed by atoms with Gasteiger partial charge in [0.05, 0.1) is 0 Å². The summed E-state index contributed by atoms with van der Waals surface area (Å²) < 4.78 is 0. The topological polar surface area (TPSA) is 0 Å². The Hall–Kier alpha value is 0.180. The van der Waals surface area contributed by atoms with Crippen molar-refractivity contribution in [1.29, 1.82) is 0 Å². The number of hydrogen-bond acceptors (Lipinski definition) is 2. The molecule has 0 aromatic rings. The minimum Gasteiger partial charge on any atom is -0.158 e. The average Bonchev–Trinajstić information content (AvgIpc) is 2.31. The van der Waals surface area contributed by atoms with Crippen LogP contribution in [0.5, 0.6) is 0 Å². The molecule has 0 heterocycles. The second kappa shape index (κ2) is 15.2. The molecule has 0 saturated carbocycles. The first kappa shape index (κ1) is 16.2. The zero-order chi connectivity index (χ0) is 11.9. The Morgan fingerprint density at radius 2 is 1.00 bits per heavy atom. The summed E-state index contributed by atoms with van der Waals surface area (Å²) >= 11 is 4.00. The molecular formula is C14H26S2. The van der Waals surface area contributed by atoms with Gasteiger partial charge in [-0.15, -0.1) is 13.2 Å². The van der Waals surface area contributed by atoms with Gasteiger partial charge in [0.25, 0.3) is 0 Å². The highest BCUT2D eigenvalue weighted by Crippen LogP contribution is 2.11. The Labute approximate surface area is 110 Å². The van der Waals surface area contributed by atoms with Crippen molar-refractivity contribution in [2.24, 2.45) is 0 Å². The Kier molecular flexibility index (Phi) is 15.4. The third kappa shape index (κ3) is 14.2. The summed E-state index contributed by atoms with van der Waals surface area (Å²) in [6.45, 7) is 7.44. The quantitative estimate of drug-likeness (QED) is 0.330. The number of hydrogen-bond donors (Lipinski definition) is 0. The summed E-state index contributed by atoms with van der Waals surface area (Å²) in [6.07, 6.45) is 12.4. The summed E-state index contributed by atoms with van der Waals surface area (Å²) in [5, 5.41) is 0. The lowest BCUT2D eigenvalue weighted by Gasteiger charge is -2.01. The second-order valence-corrected chi connectivity index (χ2v) is 6.15. The van der Waals surface area contributed by atoms with Gasteiger partial charge in [-0.3, -0.25) is 0 Å². The monoisotopic (exact) mass is 258 g/mol. The van der Waals surface area contributed by atoms with Gasteiger partial charge in [-0.1, -0.05) is 37.8 Å². The highest BCUT2D eigenvalue weighted by molar-refractivity contribution is 7.99. The third-order valence-electron chi connectivity index (χ3n) is 2.30. The van der Waals surface area contributed by atoms with E-state index in [-0.39, 0.29) is 0 Å². The molecule has 0 aliphatic heterocycles. The predicted octanol–water partition coefficient (Wildman–Crippen LogP) is 5.17. The molecule has 0 radical (unpaired) electrons. The van der Waals surface area contributed by atoms with Gasteiger partial charge in [0.2, 0.25) is 0 Å².